The molecule has 1 saturated heterocycles. The van der Waals surface area contributed by atoms with Gasteiger partial charge in [0.2, 0.25) is 0 Å². The second-order valence-electron chi connectivity index (χ2n) is 7.11. The molecule has 2 fully saturated rings. The summed E-state index contributed by atoms with van der Waals surface area (Å²) in [5.74, 6) is 4.49. The maximum Gasteiger partial charge on any atom is 0.350 e. The number of methoxy groups -OCH3 is 1. The van der Waals surface area contributed by atoms with Crippen molar-refractivity contribution in [2.45, 2.75) is 25.1 Å². The second-order valence-corrected chi connectivity index (χ2v) is 7.11. The molecule has 0 amide bonds. The summed E-state index contributed by atoms with van der Waals surface area (Å²) in [6.45, 7) is 0.320. The van der Waals surface area contributed by atoms with Gasteiger partial charge in [0.1, 0.15) is 17.4 Å². The van der Waals surface area contributed by atoms with Crippen molar-refractivity contribution in [2.24, 2.45) is 11.7 Å². The van der Waals surface area contributed by atoms with Crippen LogP contribution in [0.1, 0.15) is 18.9 Å². The molecule has 2 aromatic rings. The zero-order valence-corrected chi connectivity index (χ0v) is 16.0. The largest absolute Gasteiger partial charge is 0.492 e. The van der Waals surface area contributed by atoms with Crippen LogP contribution in [-0.4, -0.2) is 42.2 Å². The molecule has 2 atom stereocenters. The maximum atomic E-state index is 15.0. The summed E-state index contributed by atoms with van der Waals surface area (Å²) in [6, 6.07) is 0.909. The van der Waals surface area contributed by atoms with Crippen LogP contribution in [0.5, 0.6) is 5.75 Å². The summed E-state index contributed by atoms with van der Waals surface area (Å²) in [4.78, 5) is 26.6. The number of alkyl halides is 1. The maximum absolute atomic E-state index is 15.0. The molecule has 11 heteroatoms. The molecule has 28 heavy (non-hydrogen) atoms. The molecule has 1 aromatic carbocycles. The topological polar surface area (TPSA) is 109 Å². The minimum absolute atomic E-state index is 0. The fourth-order valence-corrected chi connectivity index (χ4v) is 3.83. The van der Waals surface area contributed by atoms with Crippen LogP contribution in [0.4, 0.5) is 14.5 Å². The lowest BCUT2D eigenvalue weighted by Gasteiger charge is -2.24. The van der Waals surface area contributed by atoms with Crippen molar-refractivity contribution in [1.82, 2.24) is 9.24 Å². The number of nitrogens with zero attached hydrogens (tertiary/aromatic N) is 3. The predicted molar refractivity (Wildman–Crippen MR) is 104 cm³/mol. The van der Waals surface area contributed by atoms with E-state index in [1.165, 1.54) is 16.6 Å². The van der Waals surface area contributed by atoms with Crippen molar-refractivity contribution in [3.8, 4) is 5.75 Å². The Hall–Kier alpha value is -2.33. The molecule has 0 bridgehead atoms. The number of fused-ring (bicyclic) bond motifs is 1. The molecule has 154 valence electrons. The number of nitrogen functional groups attached to an aromatic ring is 1. The van der Waals surface area contributed by atoms with Crippen LogP contribution >= 0.6 is 12.4 Å². The molecule has 2 heterocycles. The zero-order valence-electron chi connectivity index (χ0n) is 15.2. The van der Waals surface area contributed by atoms with Gasteiger partial charge in [0, 0.05) is 25.0 Å². The standard InChI is InChI=1S/C17H21F2N5O3.ClH/c1-27-15-13-10(16(25)24(21)17(26)23(13)9-2-3-9)4-11(18)14(15)22-6-8(5-20)12(19)7-22;/h4,8-9,12H,2-3,5-7,20-21H2,1H3;1H/t8-,12-;/m1./s1. The van der Waals surface area contributed by atoms with Crippen molar-refractivity contribution in [3.63, 3.8) is 0 Å². The number of hydrogen-bond acceptors (Lipinski definition) is 6. The minimum atomic E-state index is -1.20. The summed E-state index contributed by atoms with van der Waals surface area (Å²) in [6.07, 6.45) is 0.292. The zero-order chi connectivity index (χ0) is 19.5. The molecule has 1 saturated carbocycles. The molecular formula is C17H22ClF2N5O3. The number of rotatable bonds is 4. The molecule has 1 aliphatic carbocycles. The van der Waals surface area contributed by atoms with Gasteiger partial charge in [0.15, 0.2) is 11.6 Å². The van der Waals surface area contributed by atoms with Crippen LogP contribution < -0.4 is 32.5 Å². The van der Waals surface area contributed by atoms with Crippen molar-refractivity contribution >= 4 is 29.0 Å². The van der Waals surface area contributed by atoms with Gasteiger partial charge in [-0.15, -0.1) is 12.4 Å². The van der Waals surface area contributed by atoms with Gasteiger partial charge in [0.25, 0.3) is 5.56 Å². The summed E-state index contributed by atoms with van der Waals surface area (Å²) in [5, 5.41) is -0.0477. The number of hydrogen-bond donors (Lipinski definition) is 2. The Balaban J connectivity index is 0.00000225. The van der Waals surface area contributed by atoms with Crippen molar-refractivity contribution in [3.05, 3.63) is 32.7 Å². The average Bonchev–Trinajstić information content (AvgIpc) is 3.41. The van der Waals surface area contributed by atoms with Gasteiger partial charge in [-0.3, -0.25) is 9.36 Å². The summed E-state index contributed by atoms with van der Waals surface area (Å²) < 4.78 is 36.5. The smallest absolute Gasteiger partial charge is 0.350 e. The van der Waals surface area contributed by atoms with Crippen molar-refractivity contribution in [1.29, 1.82) is 0 Å². The number of nitrogens with two attached hydrogens (primary N) is 2. The highest BCUT2D eigenvalue weighted by atomic mass is 35.5. The molecule has 2 aliphatic rings. The van der Waals surface area contributed by atoms with Gasteiger partial charge in [-0.25, -0.2) is 13.6 Å². The highest BCUT2D eigenvalue weighted by Gasteiger charge is 2.37. The average molecular weight is 418 g/mol. The lowest BCUT2D eigenvalue weighted by molar-refractivity contribution is 0.289. The number of anilines is 1. The lowest BCUT2D eigenvalue weighted by Crippen LogP contribution is -2.44. The molecule has 0 unspecified atom stereocenters. The first-order valence-electron chi connectivity index (χ1n) is 8.80. The third-order valence-electron chi connectivity index (χ3n) is 5.38. The van der Waals surface area contributed by atoms with Crippen LogP contribution in [0.2, 0.25) is 0 Å². The van der Waals surface area contributed by atoms with E-state index in [2.05, 4.69) is 0 Å². The first-order chi connectivity index (χ1) is 12.9. The molecular weight excluding hydrogens is 396 g/mol. The summed E-state index contributed by atoms with van der Waals surface area (Å²) in [7, 11) is 1.33. The molecule has 0 radical (unpaired) electrons. The fourth-order valence-electron chi connectivity index (χ4n) is 3.83. The van der Waals surface area contributed by atoms with E-state index >= 15 is 0 Å². The highest BCUT2D eigenvalue weighted by molar-refractivity contribution is 5.91. The van der Waals surface area contributed by atoms with Crippen LogP contribution in [0.25, 0.3) is 10.9 Å². The third-order valence-corrected chi connectivity index (χ3v) is 5.38. The van der Waals surface area contributed by atoms with Crippen molar-refractivity contribution in [2.75, 3.05) is 37.5 Å². The van der Waals surface area contributed by atoms with Gasteiger partial charge in [-0.1, -0.05) is 0 Å². The number of halogens is 3. The Morgan fingerprint density at radius 3 is 2.50 bits per heavy atom. The van der Waals surface area contributed by atoms with Crippen LogP contribution in [0, 0.1) is 11.7 Å². The third kappa shape index (κ3) is 2.91. The van der Waals surface area contributed by atoms with Gasteiger partial charge in [0.05, 0.1) is 12.5 Å². The quantitative estimate of drug-likeness (QED) is 0.702. The fraction of sp³-hybridized carbons (Fsp3) is 0.529. The molecule has 1 aromatic heterocycles. The highest BCUT2D eigenvalue weighted by Crippen LogP contribution is 2.43. The second kappa shape index (κ2) is 7.25. The van der Waals surface area contributed by atoms with Gasteiger partial charge >= 0.3 is 5.69 Å². The minimum Gasteiger partial charge on any atom is -0.492 e. The first kappa shape index (κ1) is 20.4. The molecule has 4 rings (SSSR count). The Kier molecular flexibility index (Phi) is 5.28. The van der Waals surface area contributed by atoms with Crippen LogP contribution in [0.15, 0.2) is 15.7 Å². The summed E-state index contributed by atoms with van der Waals surface area (Å²) >= 11 is 0. The van der Waals surface area contributed by atoms with E-state index in [0.717, 1.165) is 18.9 Å². The number of ether oxygens (including phenoxy) is 1. The SMILES string of the molecule is COc1c(N2C[C@@H](CN)[C@H](F)C2)c(F)cc2c(=O)n(N)c(=O)n(C3CC3)c12.Cl. The molecule has 4 N–H and O–H groups in total. The van der Waals surface area contributed by atoms with Crippen molar-refractivity contribution < 1.29 is 13.5 Å². The van der Waals surface area contributed by atoms with E-state index in [1.54, 1.807) is 0 Å². The molecule has 8 nitrogen and oxygen atoms in total. The van der Waals surface area contributed by atoms with E-state index in [0.29, 0.717) is 4.68 Å². The lowest BCUT2D eigenvalue weighted by atomic mass is 10.1. The van der Waals surface area contributed by atoms with E-state index < -0.39 is 29.2 Å². The number of benzene rings is 1. The van der Waals surface area contributed by atoms with E-state index in [-0.39, 0.29) is 60.4 Å². The molecule has 1 aliphatic heterocycles. The van der Waals surface area contributed by atoms with Gasteiger partial charge in [-0.05, 0) is 25.5 Å². The van der Waals surface area contributed by atoms with E-state index in [4.69, 9.17) is 16.3 Å². The van der Waals surface area contributed by atoms with Gasteiger partial charge in [-0.2, -0.15) is 4.68 Å². The predicted octanol–water partition coefficient (Wildman–Crippen LogP) is 0.514. The Bertz CT molecular complexity index is 1040. The van der Waals surface area contributed by atoms with E-state index in [9.17, 15) is 18.4 Å². The van der Waals surface area contributed by atoms with Gasteiger partial charge < -0.3 is 21.2 Å². The van der Waals surface area contributed by atoms with Crippen LogP contribution in [-0.2, 0) is 0 Å². The monoisotopic (exact) mass is 417 g/mol. The Morgan fingerprint density at radius 1 is 1.29 bits per heavy atom. The molecule has 0 spiro atoms. The first-order valence-corrected chi connectivity index (χ1v) is 8.80. The number of aromatic nitrogens is 2. The Morgan fingerprint density at radius 2 is 1.96 bits per heavy atom. The van der Waals surface area contributed by atoms with E-state index in [1.807, 2.05) is 0 Å². The summed E-state index contributed by atoms with van der Waals surface area (Å²) in [5.41, 5.74) is 4.34. The van der Waals surface area contributed by atoms with Crippen LogP contribution in [0.3, 0.4) is 0 Å². The normalized spacial score (nSPS) is 21.8. The Labute approximate surface area is 165 Å².